The van der Waals surface area contributed by atoms with Crippen molar-refractivity contribution in [2.24, 2.45) is 0 Å². The van der Waals surface area contributed by atoms with Gasteiger partial charge in [-0.25, -0.2) is 10.2 Å². The second-order valence-electron chi connectivity index (χ2n) is 3.95. The van der Waals surface area contributed by atoms with Crippen LogP contribution >= 0.6 is 12.2 Å². The Balaban J connectivity index is 2.20. The van der Waals surface area contributed by atoms with Gasteiger partial charge in [-0.15, -0.1) is 0 Å². The molecule has 0 spiro atoms. The van der Waals surface area contributed by atoms with E-state index in [4.69, 9.17) is 12.2 Å². The summed E-state index contributed by atoms with van der Waals surface area (Å²) in [6.45, 7) is 1.88. The molecule has 110 valence electrons. The third-order valence-electron chi connectivity index (χ3n) is 2.58. The van der Waals surface area contributed by atoms with E-state index in [1.165, 1.54) is 6.20 Å². The Morgan fingerprint density at radius 3 is 2.67 bits per heavy atom. The molecule has 0 atom stereocenters. The van der Waals surface area contributed by atoms with Gasteiger partial charge in [0.05, 0.1) is 6.61 Å². The molecule has 2 amide bonds. The van der Waals surface area contributed by atoms with Gasteiger partial charge < -0.3 is 9.72 Å². The van der Waals surface area contributed by atoms with Crippen LogP contribution in [0.1, 0.15) is 17.4 Å². The van der Waals surface area contributed by atoms with Gasteiger partial charge in [0, 0.05) is 11.9 Å². The van der Waals surface area contributed by atoms with Crippen molar-refractivity contribution < 1.29 is 14.3 Å². The minimum Gasteiger partial charge on any atom is -0.449 e. The maximum atomic E-state index is 12.1. The highest BCUT2D eigenvalue weighted by molar-refractivity contribution is 7.71. The summed E-state index contributed by atoms with van der Waals surface area (Å²) in [7, 11) is 0. The van der Waals surface area contributed by atoms with E-state index in [-0.39, 0.29) is 12.3 Å². The Kier molecular flexibility index (Phi) is 4.72. The molecule has 3 N–H and O–H groups in total. The summed E-state index contributed by atoms with van der Waals surface area (Å²) in [4.78, 5) is 26.1. The summed E-state index contributed by atoms with van der Waals surface area (Å²) >= 11 is 5.17. The largest absolute Gasteiger partial charge is 0.449 e. The molecule has 2 aromatic rings. The van der Waals surface area contributed by atoms with Crippen LogP contribution in [0.3, 0.4) is 0 Å². The van der Waals surface area contributed by atoms with Crippen LogP contribution in [0.25, 0.3) is 5.69 Å². The van der Waals surface area contributed by atoms with Gasteiger partial charge in [0.2, 0.25) is 0 Å². The van der Waals surface area contributed by atoms with E-state index in [1.54, 1.807) is 11.5 Å². The number of nitrogens with one attached hydrogen (secondary N) is 3. The zero-order valence-electron chi connectivity index (χ0n) is 11.3. The number of benzene rings is 1. The molecule has 1 aromatic carbocycles. The van der Waals surface area contributed by atoms with Crippen LogP contribution < -0.4 is 10.9 Å². The lowest BCUT2D eigenvalue weighted by Gasteiger charge is -2.09. The fourth-order valence-corrected chi connectivity index (χ4v) is 1.97. The van der Waals surface area contributed by atoms with Gasteiger partial charge in [0.25, 0.3) is 5.91 Å². The lowest BCUT2D eigenvalue weighted by Crippen LogP contribution is -2.42. The van der Waals surface area contributed by atoms with Crippen molar-refractivity contribution in [1.29, 1.82) is 0 Å². The number of aromatic nitrogens is 2. The second-order valence-corrected chi connectivity index (χ2v) is 4.34. The zero-order valence-corrected chi connectivity index (χ0v) is 12.1. The highest BCUT2D eigenvalue weighted by atomic mass is 32.1. The molecule has 7 nitrogen and oxygen atoms in total. The first kappa shape index (κ1) is 14.8. The molecule has 0 saturated carbocycles. The maximum absolute atomic E-state index is 12.1. The number of H-pyrrole nitrogens is 1. The van der Waals surface area contributed by atoms with E-state index in [0.29, 0.717) is 4.77 Å². The molecule has 8 heteroatoms. The molecule has 1 aromatic heterocycles. The van der Waals surface area contributed by atoms with Gasteiger partial charge in [-0.2, -0.15) is 0 Å². The highest BCUT2D eigenvalue weighted by Gasteiger charge is 2.15. The van der Waals surface area contributed by atoms with Crippen LogP contribution in [0.15, 0.2) is 36.5 Å². The van der Waals surface area contributed by atoms with Crippen LogP contribution in [0.2, 0.25) is 0 Å². The summed E-state index contributed by atoms with van der Waals surface area (Å²) in [6.07, 6.45) is 0.739. The van der Waals surface area contributed by atoms with Gasteiger partial charge in [-0.1, -0.05) is 18.2 Å². The molecule has 0 unspecified atom stereocenters. The second kappa shape index (κ2) is 6.71. The molecular formula is C13H14N4O3S. The summed E-state index contributed by atoms with van der Waals surface area (Å²) in [5.41, 5.74) is 5.41. The van der Waals surface area contributed by atoms with E-state index >= 15 is 0 Å². The quantitative estimate of drug-likeness (QED) is 0.597. The molecule has 2 rings (SSSR count). The monoisotopic (exact) mass is 306 g/mol. The molecule has 0 saturated heterocycles. The summed E-state index contributed by atoms with van der Waals surface area (Å²) in [5.74, 6) is -0.515. The van der Waals surface area contributed by atoms with Gasteiger partial charge in [0.15, 0.2) is 4.77 Å². The minimum absolute atomic E-state index is 0.214. The Morgan fingerprint density at radius 1 is 1.29 bits per heavy atom. The number of carbonyl (C=O) groups excluding carboxylic acids is 2. The number of ether oxygens (including phenoxy) is 1. The van der Waals surface area contributed by atoms with Crippen molar-refractivity contribution in [3.63, 3.8) is 0 Å². The zero-order chi connectivity index (χ0) is 15.2. The van der Waals surface area contributed by atoms with Crippen LogP contribution in [0, 0.1) is 4.77 Å². The minimum atomic E-state index is -0.730. The number of hydrazine groups is 1. The van der Waals surface area contributed by atoms with E-state index in [1.807, 2.05) is 30.3 Å². The molecule has 0 aliphatic carbocycles. The molecule has 0 aliphatic rings. The number of imidazole rings is 1. The van der Waals surface area contributed by atoms with Crippen molar-refractivity contribution in [3.05, 3.63) is 47.0 Å². The summed E-state index contributed by atoms with van der Waals surface area (Å²) in [6, 6.07) is 9.17. The molecule has 1 heterocycles. The Hall–Kier alpha value is -2.61. The van der Waals surface area contributed by atoms with Crippen LogP contribution in [-0.2, 0) is 4.74 Å². The average Bonchev–Trinajstić information content (AvgIpc) is 2.88. The molecular weight excluding hydrogens is 292 g/mol. The standard InChI is InChI=1S/C13H14N4O3S/c1-2-20-13(19)16-15-11(18)10-8-14-12(21)17(10)9-6-4-3-5-7-9/h3-8H,2H2,1H3,(H,14,21)(H,15,18)(H,16,19). The highest BCUT2D eigenvalue weighted by Crippen LogP contribution is 2.12. The third kappa shape index (κ3) is 3.48. The van der Waals surface area contributed by atoms with E-state index in [9.17, 15) is 9.59 Å². The molecule has 0 radical (unpaired) electrons. The normalized spacial score (nSPS) is 9.95. The number of carbonyl (C=O) groups is 2. The maximum Gasteiger partial charge on any atom is 0.426 e. The summed E-state index contributed by atoms with van der Waals surface area (Å²) < 4.78 is 6.59. The average molecular weight is 306 g/mol. The van der Waals surface area contributed by atoms with E-state index in [0.717, 1.165) is 5.69 Å². The molecule has 21 heavy (non-hydrogen) atoms. The predicted octanol–water partition coefficient (Wildman–Crippen LogP) is 1.93. The number of aromatic amines is 1. The first-order valence-corrected chi connectivity index (χ1v) is 6.63. The Bertz CT molecular complexity index is 693. The Morgan fingerprint density at radius 2 is 2.00 bits per heavy atom. The number of amides is 2. The number of rotatable bonds is 3. The van der Waals surface area contributed by atoms with Crippen molar-refractivity contribution in [1.82, 2.24) is 20.4 Å². The van der Waals surface area contributed by atoms with Crippen molar-refractivity contribution >= 4 is 24.2 Å². The predicted molar refractivity (Wildman–Crippen MR) is 78.6 cm³/mol. The first-order valence-electron chi connectivity index (χ1n) is 6.22. The fraction of sp³-hybridized carbons (Fsp3) is 0.154. The number of hydrogen-bond donors (Lipinski definition) is 3. The van der Waals surface area contributed by atoms with E-state index in [2.05, 4.69) is 20.6 Å². The molecule has 0 bridgehead atoms. The van der Waals surface area contributed by atoms with Gasteiger partial charge >= 0.3 is 6.09 Å². The van der Waals surface area contributed by atoms with Gasteiger partial charge in [-0.05, 0) is 31.3 Å². The fourth-order valence-electron chi connectivity index (χ4n) is 1.71. The SMILES string of the molecule is CCOC(=O)NNC(=O)c1c[nH]c(=S)n1-c1ccccc1. The van der Waals surface area contributed by atoms with Gasteiger partial charge in [0.1, 0.15) is 5.69 Å². The van der Waals surface area contributed by atoms with Crippen LogP contribution in [-0.4, -0.2) is 28.2 Å². The molecule has 0 aliphatic heterocycles. The van der Waals surface area contributed by atoms with Gasteiger partial charge in [-0.3, -0.25) is 14.8 Å². The van der Waals surface area contributed by atoms with Crippen molar-refractivity contribution in [2.75, 3.05) is 6.61 Å². The number of hydrogen-bond acceptors (Lipinski definition) is 4. The topological polar surface area (TPSA) is 88.2 Å². The lowest BCUT2D eigenvalue weighted by molar-refractivity contribution is 0.0906. The van der Waals surface area contributed by atoms with Crippen LogP contribution in [0.5, 0.6) is 0 Å². The van der Waals surface area contributed by atoms with Crippen molar-refractivity contribution in [2.45, 2.75) is 6.92 Å². The van der Waals surface area contributed by atoms with Crippen molar-refractivity contribution in [3.8, 4) is 5.69 Å². The Labute approximate surface area is 125 Å². The van der Waals surface area contributed by atoms with E-state index < -0.39 is 12.0 Å². The number of para-hydroxylation sites is 1. The third-order valence-corrected chi connectivity index (χ3v) is 2.88. The smallest absolute Gasteiger partial charge is 0.426 e. The molecule has 0 fully saturated rings. The number of nitrogens with zero attached hydrogens (tertiary/aromatic N) is 1. The van der Waals surface area contributed by atoms with Crippen LogP contribution in [0.4, 0.5) is 4.79 Å². The lowest BCUT2D eigenvalue weighted by atomic mass is 10.3. The summed E-state index contributed by atoms with van der Waals surface area (Å²) in [5, 5.41) is 0. The first-order chi connectivity index (χ1) is 10.1.